The zero-order valence-corrected chi connectivity index (χ0v) is 14.3. The predicted octanol–water partition coefficient (Wildman–Crippen LogP) is 2.72. The lowest BCUT2D eigenvalue weighted by Gasteiger charge is -2.27. The molecule has 1 aliphatic carbocycles. The van der Waals surface area contributed by atoms with Gasteiger partial charge in [-0.1, -0.05) is 25.0 Å². The highest BCUT2D eigenvalue weighted by Crippen LogP contribution is 2.35. The summed E-state index contributed by atoms with van der Waals surface area (Å²) in [6, 6.07) is 5.60. The van der Waals surface area contributed by atoms with Crippen LogP contribution in [-0.2, 0) is 9.59 Å². The molecule has 2 unspecified atom stereocenters. The van der Waals surface area contributed by atoms with Gasteiger partial charge in [-0.05, 0) is 55.8 Å². The van der Waals surface area contributed by atoms with Crippen LogP contribution in [0.25, 0.3) is 0 Å². The zero-order chi connectivity index (χ0) is 17.8. The molecule has 5 nitrogen and oxygen atoms in total. The highest BCUT2D eigenvalue weighted by atomic mass is 19.1. The van der Waals surface area contributed by atoms with Crippen LogP contribution in [0.3, 0.4) is 0 Å². The maximum Gasteiger partial charge on any atom is 0.320 e. The molecule has 6 heteroatoms. The molecule has 3 rings (SSSR count). The van der Waals surface area contributed by atoms with Crippen molar-refractivity contribution in [1.82, 2.24) is 10.2 Å². The molecule has 1 saturated heterocycles. The number of likely N-dealkylation sites (tertiary alicyclic amines) is 1. The third-order valence-corrected chi connectivity index (χ3v) is 5.41. The van der Waals surface area contributed by atoms with Crippen LogP contribution >= 0.6 is 0 Å². The summed E-state index contributed by atoms with van der Waals surface area (Å²) in [7, 11) is 0. The fourth-order valence-corrected chi connectivity index (χ4v) is 4.13. The molecule has 0 bridgehead atoms. The first-order valence-electron chi connectivity index (χ1n) is 9.06. The number of carboxylic acids is 1. The van der Waals surface area contributed by atoms with Crippen molar-refractivity contribution >= 4 is 11.9 Å². The Morgan fingerprint density at radius 1 is 1.16 bits per heavy atom. The van der Waals surface area contributed by atoms with Gasteiger partial charge in [0.1, 0.15) is 11.9 Å². The fraction of sp³-hybridized carbons (Fsp3) is 0.579. The zero-order valence-electron chi connectivity index (χ0n) is 14.3. The molecule has 136 valence electrons. The second kappa shape index (κ2) is 7.95. The molecule has 25 heavy (non-hydrogen) atoms. The molecule has 1 aliphatic heterocycles. The van der Waals surface area contributed by atoms with Crippen molar-refractivity contribution in [2.24, 2.45) is 5.92 Å². The first-order chi connectivity index (χ1) is 12.0. The Hall–Kier alpha value is -1.95. The number of carbonyl (C=O) groups excluding carboxylic acids is 1. The van der Waals surface area contributed by atoms with Crippen LogP contribution in [-0.4, -0.2) is 41.0 Å². The number of benzene rings is 1. The lowest BCUT2D eigenvalue weighted by Crippen LogP contribution is -2.44. The molecule has 2 aliphatic rings. The minimum absolute atomic E-state index is 0.0986. The van der Waals surface area contributed by atoms with Gasteiger partial charge in [0.05, 0.1) is 12.6 Å². The van der Waals surface area contributed by atoms with Crippen LogP contribution in [0.15, 0.2) is 24.3 Å². The Morgan fingerprint density at radius 2 is 1.84 bits per heavy atom. The van der Waals surface area contributed by atoms with E-state index in [1.807, 2.05) is 0 Å². The minimum Gasteiger partial charge on any atom is -0.480 e. The van der Waals surface area contributed by atoms with E-state index in [9.17, 15) is 19.1 Å². The summed E-state index contributed by atoms with van der Waals surface area (Å²) in [6.07, 6.45) is 5.77. The summed E-state index contributed by atoms with van der Waals surface area (Å²) in [5, 5.41) is 12.3. The maximum atomic E-state index is 13.2. The van der Waals surface area contributed by atoms with Gasteiger partial charge in [-0.25, -0.2) is 4.39 Å². The number of aliphatic carboxylic acids is 1. The summed E-state index contributed by atoms with van der Waals surface area (Å²) in [5.41, 5.74) is 0.915. The smallest absolute Gasteiger partial charge is 0.320 e. The molecule has 1 heterocycles. The molecule has 2 N–H and O–H groups in total. The first-order valence-corrected chi connectivity index (χ1v) is 9.06. The van der Waals surface area contributed by atoms with Crippen molar-refractivity contribution in [3.8, 4) is 0 Å². The third-order valence-electron chi connectivity index (χ3n) is 5.41. The van der Waals surface area contributed by atoms with E-state index in [2.05, 4.69) is 5.32 Å². The van der Waals surface area contributed by atoms with Crippen molar-refractivity contribution in [2.75, 3.05) is 13.1 Å². The molecular formula is C19H25FN2O3. The molecule has 1 aromatic carbocycles. The van der Waals surface area contributed by atoms with Gasteiger partial charge in [-0.15, -0.1) is 0 Å². The number of hydrogen-bond acceptors (Lipinski definition) is 3. The minimum atomic E-state index is -0.865. The van der Waals surface area contributed by atoms with E-state index in [0.29, 0.717) is 18.9 Å². The van der Waals surface area contributed by atoms with Crippen LogP contribution in [0, 0.1) is 11.7 Å². The van der Waals surface area contributed by atoms with Gasteiger partial charge >= 0.3 is 5.97 Å². The van der Waals surface area contributed by atoms with E-state index in [0.717, 1.165) is 37.7 Å². The van der Waals surface area contributed by atoms with Gasteiger partial charge < -0.3 is 10.4 Å². The van der Waals surface area contributed by atoms with E-state index in [1.165, 1.54) is 12.1 Å². The molecule has 0 spiro atoms. The van der Waals surface area contributed by atoms with Crippen LogP contribution in [0.1, 0.15) is 50.1 Å². The summed E-state index contributed by atoms with van der Waals surface area (Å²) < 4.78 is 13.2. The van der Waals surface area contributed by atoms with Crippen LogP contribution in [0.4, 0.5) is 4.39 Å². The Bertz CT molecular complexity index is 614. The Balaban J connectivity index is 1.68. The number of amides is 1. The van der Waals surface area contributed by atoms with Crippen molar-refractivity contribution in [3.05, 3.63) is 35.6 Å². The Labute approximate surface area is 147 Å². The highest BCUT2D eigenvalue weighted by molar-refractivity contribution is 5.80. The number of carboxylic acid groups (broad SMARTS) is 1. The van der Waals surface area contributed by atoms with Gasteiger partial charge in [0.25, 0.3) is 0 Å². The van der Waals surface area contributed by atoms with E-state index in [1.54, 1.807) is 17.0 Å². The van der Waals surface area contributed by atoms with Gasteiger partial charge in [-0.3, -0.25) is 14.5 Å². The van der Waals surface area contributed by atoms with E-state index >= 15 is 0 Å². The molecular weight excluding hydrogens is 323 g/mol. The maximum absolute atomic E-state index is 13.2. The fourth-order valence-electron chi connectivity index (χ4n) is 4.13. The average Bonchev–Trinajstić information content (AvgIpc) is 3.25. The normalized spacial score (nSPS) is 22.8. The van der Waals surface area contributed by atoms with Crippen molar-refractivity contribution < 1.29 is 19.1 Å². The number of nitrogens with zero attached hydrogens (tertiary/aromatic N) is 1. The lowest BCUT2D eigenvalue weighted by molar-refractivity contribution is -0.142. The van der Waals surface area contributed by atoms with Gasteiger partial charge in [0.15, 0.2) is 0 Å². The summed E-state index contributed by atoms with van der Waals surface area (Å²) >= 11 is 0. The highest BCUT2D eigenvalue weighted by Gasteiger charge is 2.33. The van der Waals surface area contributed by atoms with E-state index in [-0.39, 0.29) is 24.3 Å². The first kappa shape index (κ1) is 17.9. The molecule has 0 radical (unpaired) electrons. The number of hydrogen-bond donors (Lipinski definition) is 2. The van der Waals surface area contributed by atoms with Crippen molar-refractivity contribution in [3.63, 3.8) is 0 Å². The Kier molecular flexibility index (Phi) is 5.68. The van der Waals surface area contributed by atoms with Gasteiger partial charge in [0.2, 0.25) is 5.91 Å². The predicted molar refractivity (Wildman–Crippen MR) is 91.5 cm³/mol. The second-order valence-electron chi connectivity index (χ2n) is 7.11. The molecule has 0 aromatic heterocycles. The van der Waals surface area contributed by atoms with Crippen LogP contribution < -0.4 is 5.32 Å². The summed E-state index contributed by atoms with van der Waals surface area (Å²) in [4.78, 5) is 25.6. The second-order valence-corrected chi connectivity index (χ2v) is 7.11. The van der Waals surface area contributed by atoms with Crippen molar-refractivity contribution in [2.45, 2.75) is 50.6 Å². The topological polar surface area (TPSA) is 69.6 Å². The van der Waals surface area contributed by atoms with Crippen LogP contribution in [0.2, 0.25) is 0 Å². The van der Waals surface area contributed by atoms with Crippen molar-refractivity contribution in [1.29, 1.82) is 0 Å². The SMILES string of the molecule is O=C(CN1CCCC1C(=O)O)NC(c1ccc(F)cc1)C1CCCC1. The van der Waals surface area contributed by atoms with Gasteiger partial charge in [-0.2, -0.15) is 0 Å². The quantitative estimate of drug-likeness (QED) is 0.829. The molecule has 1 saturated carbocycles. The van der Waals surface area contributed by atoms with Crippen LogP contribution in [0.5, 0.6) is 0 Å². The molecule has 1 aromatic rings. The summed E-state index contributed by atoms with van der Waals surface area (Å²) in [6.45, 7) is 0.733. The number of halogens is 1. The largest absolute Gasteiger partial charge is 0.480 e. The monoisotopic (exact) mass is 348 g/mol. The number of nitrogens with one attached hydrogen (secondary N) is 1. The summed E-state index contributed by atoms with van der Waals surface area (Å²) in [5.74, 6) is -0.963. The third kappa shape index (κ3) is 4.37. The standard InChI is InChI=1S/C19H25FN2O3/c20-15-9-7-14(8-10-15)18(13-4-1-2-5-13)21-17(23)12-22-11-3-6-16(22)19(24)25/h7-10,13,16,18H,1-6,11-12H2,(H,21,23)(H,24,25). The lowest BCUT2D eigenvalue weighted by atomic mass is 9.91. The number of carbonyl (C=O) groups is 2. The van der Waals surface area contributed by atoms with E-state index in [4.69, 9.17) is 0 Å². The average molecular weight is 348 g/mol. The molecule has 1 amide bonds. The van der Waals surface area contributed by atoms with Gasteiger partial charge in [0, 0.05) is 0 Å². The number of rotatable bonds is 6. The molecule has 2 atom stereocenters. The molecule has 2 fully saturated rings. The van der Waals surface area contributed by atoms with E-state index < -0.39 is 12.0 Å². The Morgan fingerprint density at radius 3 is 2.48 bits per heavy atom.